The number of aromatic nitrogens is 1. The lowest BCUT2D eigenvalue weighted by Gasteiger charge is -2.31. The van der Waals surface area contributed by atoms with Crippen LogP contribution >= 0.6 is 0 Å². The second kappa shape index (κ2) is 8.10. The van der Waals surface area contributed by atoms with Crippen LogP contribution in [0.1, 0.15) is 26.3 Å². The fourth-order valence-corrected chi connectivity index (χ4v) is 2.41. The van der Waals surface area contributed by atoms with Crippen molar-refractivity contribution < 1.29 is 19.1 Å². The van der Waals surface area contributed by atoms with E-state index < -0.39 is 17.7 Å². The standard InChI is InChI=1S/C17H25N3O4/c1-17(2,3)24-16(22)19-14(11-13-5-4-6-18-12-13)15(21)20-7-9-23-10-8-20/h4-6,12,14H,7-11H2,1-3H3,(H,19,22)/t14-/m0/s1. The van der Waals surface area contributed by atoms with Gasteiger partial charge < -0.3 is 19.7 Å². The van der Waals surface area contributed by atoms with Gasteiger partial charge in [-0.05, 0) is 32.4 Å². The Morgan fingerprint density at radius 1 is 1.38 bits per heavy atom. The van der Waals surface area contributed by atoms with Crippen LogP contribution in [0.25, 0.3) is 0 Å². The molecule has 2 rings (SSSR count). The third-order valence-corrected chi connectivity index (χ3v) is 3.47. The Morgan fingerprint density at radius 2 is 2.08 bits per heavy atom. The summed E-state index contributed by atoms with van der Waals surface area (Å²) in [6.07, 6.45) is 3.13. The van der Waals surface area contributed by atoms with E-state index in [1.165, 1.54) is 0 Å². The number of rotatable bonds is 4. The SMILES string of the molecule is CC(C)(C)OC(=O)N[C@@H](Cc1cccnc1)C(=O)N1CCOCC1. The molecule has 1 aliphatic rings. The van der Waals surface area contributed by atoms with Gasteiger partial charge in [0, 0.05) is 31.9 Å². The number of ether oxygens (including phenoxy) is 2. The summed E-state index contributed by atoms with van der Waals surface area (Å²) in [5.74, 6) is -0.131. The van der Waals surface area contributed by atoms with Gasteiger partial charge in [-0.3, -0.25) is 9.78 Å². The van der Waals surface area contributed by atoms with Crippen LogP contribution in [0.5, 0.6) is 0 Å². The average molecular weight is 335 g/mol. The number of hydrogen-bond donors (Lipinski definition) is 1. The first-order valence-corrected chi connectivity index (χ1v) is 8.10. The van der Waals surface area contributed by atoms with Crippen LogP contribution in [0.4, 0.5) is 4.79 Å². The Hall–Kier alpha value is -2.15. The van der Waals surface area contributed by atoms with Crippen LogP contribution in [0.2, 0.25) is 0 Å². The van der Waals surface area contributed by atoms with Crippen molar-refractivity contribution in [3.63, 3.8) is 0 Å². The van der Waals surface area contributed by atoms with Crippen molar-refractivity contribution in [3.8, 4) is 0 Å². The van der Waals surface area contributed by atoms with Crippen molar-refractivity contribution >= 4 is 12.0 Å². The summed E-state index contributed by atoms with van der Waals surface area (Å²) in [5, 5.41) is 2.70. The normalized spacial score (nSPS) is 16.4. The van der Waals surface area contributed by atoms with Crippen LogP contribution in [0.15, 0.2) is 24.5 Å². The molecule has 2 heterocycles. The number of nitrogens with zero attached hydrogens (tertiary/aromatic N) is 2. The van der Waals surface area contributed by atoms with E-state index >= 15 is 0 Å². The fraction of sp³-hybridized carbons (Fsp3) is 0.588. The summed E-state index contributed by atoms with van der Waals surface area (Å²) in [5.41, 5.74) is 0.255. The van der Waals surface area contributed by atoms with E-state index in [1.54, 1.807) is 44.1 Å². The first-order valence-electron chi connectivity index (χ1n) is 8.10. The largest absolute Gasteiger partial charge is 0.444 e. The molecular weight excluding hydrogens is 310 g/mol. The molecule has 1 aromatic heterocycles. The Bertz CT molecular complexity index is 551. The number of nitrogens with one attached hydrogen (secondary N) is 1. The highest BCUT2D eigenvalue weighted by Crippen LogP contribution is 2.10. The van der Waals surface area contributed by atoms with E-state index in [1.807, 2.05) is 6.07 Å². The molecule has 0 saturated carbocycles. The molecule has 1 saturated heterocycles. The van der Waals surface area contributed by atoms with Gasteiger partial charge in [-0.15, -0.1) is 0 Å². The quantitative estimate of drug-likeness (QED) is 0.899. The average Bonchev–Trinajstić information content (AvgIpc) is 2.53. The summed E-state index contributed by atoms with van der Waals surface area (Å²) in [6.45, 7) is 7.43. The molecule has 1 aliphatic heterocycles. The highest BCUT2D eigenvalue weighted by molar-refractivity contribution is 5.86. The van der Waals surface area contributed by atoms with Crippen molar-refractivity contribution in [1.82, 2.24) is 15.2 Å². The van der Waals surface area contributed by atoms with Crippen LogP contribution in [0, 0.1) is 0 Å². The Labute approximate surface area is 142 Å². The molecule has 2 amide bonds. The summed E-state index contributed by atoms with van der Waals surface area (Å²) in [7, 11) is 0. The van der Waals surface area contributed by atoms with E-state index in [4.69, 9.17) is 9.47 Å². The molecule has 1 fully saturated rings. The highest BCUT2D eigenvalue weighted by atomic mass is 16.6. The zero-order valence-electron chi connectivity index (χ0n) is 14.4. The van der Waals surface area contributed by atoms with Crippen molar-refractivity contribution in [2.24, 2.45) is 0 Å². The van der Waals surface area contributed by atoms with Crippen molar-refractivity contribution in [2.45, 2.75) is 38.8 Å². The van der Waals surface area contributed by atoms with Crippen LogP contribution < -0.4 is 5.32 Å². The van der Waals surface area contributed by atoms with E-state index in [-0.39, 0.29) is 5.91 Å². The Kier molecular flexibility index (Phi) is 6.14. The smallest absolute Gasteiger partial charge is 0.408 e. The van der Waals surface area contributed by atoms with Crippen molar-refractivity contribution in [1.29, 1.82) is 0 Å². The number of hydrogen-bond acceptors (Lipinski definition) is 5. The number of morpholine rings is 1. The molecule has 0 aromatic carbocycles. The molecular formula is C17H25N3O4. The molecule has 132 valence electrons. The molecule has 0 unspecified atom stereocenters. The molecule has 0 spiro atoms. The van der Waals surface area contributed by atoms with Gasteiger partial charge in [0.2, 0.25) is 5.91 Å². The van der Waals surface area contributed by atoms with E-state index in [2.05, 4.69) is 10.3 Å². The zero-order valence-corrected chi connectivity index (χ0v) is 14.4. The monoisotopic (exact) mass is 335 g/mol. The minimum atomic E-state index is -0.692. The molecule has 0 bridgehead atoms. The van der Waals surface area contributed by atoms with Gasteiger partial charge in [-0.25, -0.2) is 4.79 Å². The van der Waals surface area contributed by atoms with Gasteiger partial charge in [-0.2, -0.15) is 0 Å². The second-order valence-corrected chi connectivity index (χ2v) is 6.70. The van der Waals surface area contributed by atoms with Gasteiger partial charge in [0.05, 0.1) is 13.2 Å². The lowest BCUT2D eigenvalue weighted by Crippen LogP contribution is -2.53. The lowest BCUT2D eigenvalue weighted by atomic mass is 10.1. The maximum Gasteiger partial charge on any atom is 0.408 e. The molecule has 7 heteroatoms. The molecule has 0 aliphatic carbocycles. The summed E-state index contributed by atoms with van der Waals surface area (Å²) in [4.78, 5) is 30.7. The summed E-state index contributed by atoms with van der Waals surface area (Å²) >= 11 is 0. The van der Waals surface area contributed by atoms with Gasteiger partial charge in [0.15, 0.2) is 0 Å². The highest BCUT2D eigenvalue weighted by Gasteiger charge is 2.29. The van der Waals surface area contributed by atoms with Crippen LogP contribution in [0.3, 0.4) is 0 Å². The zero-order chi connectivity index (χ0) is 17.6. The predicted octanol–water partition coefficient (Wildman–Crippen LogP) is 1.38. The van der Waals surface area contributed by atoms with E-state index in [0.29, 0.717) is 32.7 Å². The lowest BCUT2D eigenvalue weighted by molar-refractivity contribution is -0.137. The van der Waals surface area contributed by atoms with E-state index in [0.717, 1.165) is 5.56 Å². The molecule has 1 N–H and O–H groups in total. The van der Waals surface area contributed by atoms with Crippen LogP contribution in [-0.4, -0.2) is 59.8 Å². The first-order chi connectivity index (χ1) is 11.3. The number of carbonyl (C=O) groups excluding carboxylic acids is 2. The molecule has 1 atom stereocenters. The molecule has 24 heavy (non-hydrogen) atoms. The third kappa shape index (κ3) is 5.81. The molecule has 7 nitrogen and oxygen atoms in total. The maximum absolute atomic E-state index is 12.8. The minimum Gasteiger partial charge on any atom is -0.444 e. The second-order valence-electron chi connectivity index (χ2n) is 6.70. The molecule has 1 aromatic rings. The van der Waals surface area contributed by atoms with Crippen LogP contribution in [-0.2, 0) is 20.7 Å². The first kappa shape index (κ1) is 18.2. The summed E-state index contributed by atoms with van der Waals surface area (Å²) < 4.78 is 10.6. The Morgan fingerprint density at radius 3 is 2.67 bits per heavy atom. The number of pyridine rings is 1. The van der Waals surface area contributed by atoms with Gasteiger partial charge >= 0.3 is 6.09 Å². The number of carbonyl (C=O) groups is 2. The van der Waals surface area contributed by atoms with Crippen molar-refractivity contribution in [3.05, 3.63) is 30.1 Å². The third-order valence-electron chi connectivity index (χ3n) is 3.47. The fourth-order valence-electron chi connectivity index (χ4n) is 2.41. The Balaban J connectivity index is 2.08. The van der Waals surface area contributed by atoms with Gasteiger partial charge in [0.25, 0.3) is 0 Å². The minimum absolute atomic E-state index is 0.131. The number of alkyl carbamates (subject to hydrolysis) is 1. The predicted molar refractivity (Wildman–Crippen MR) is 88.5 cm³/mol. The maximum atomic E-state index is 12.8. The van der Waals surface area contributed by atoms with Gasteiger partial charge in [0.1, 0.15) is 11.6 Å². The van der Waals surface area contributed by atoms with Gasteiger partial charge in [-0.1, -0.05) is 6.07 Å². The molecule has 0 radical (unpaired) electrons. The topological polar surface area (TPSA) is 80.8 Å². The van der Waals surface area contributed by atoms with E-state index in [9.17, 15) is 9.59 Å². The van der Waals surface area contributed by atoms with Crippen molar-refractivity contribution in [2.75, 3.05) is 26.3 Å². The summed E-state index contributed by atoms with van der Waals surface area (Å²) in [6, 6.07) is 2.99. The number of amides is 2.